The van der Waals surface area contributed by atoms with Gasteiger partial charge in [0.1, 0.15) is 23.7 Å². The Morgan fingerprint density at radius 2 is 1.93 bits per heavy atom. The van der Waals surface area contributed by atoms with Crippen LogP contribution >= 0.6 is 0 Å². The molecular formula is C24H25NO4. The maximum Gasteiger partial charge on any atom is 0.198 e. The summed E-state index contributed by atoms with van der Waals surface area (Å²) in [6, 6.07) is 12.6. The van der Waals surface area contributed by atoms with Crippen molar-refractivity contribution < 1.29 is 19.1 Å². The van der Waals surface area contributed by atoms with E-state index in [1.807, 2.05) is 32.0 Å². The summed E-state index contributed by atoms with van der Waals surface area (Å²) in [4.78, 5) is 15.5. The van der Waals surface area contributed by atoms with Crippen LogP contribution in [0.1, 0.15) is 54.9 Å². The molecule has 1 aliphatic carbocycles. The molecule has 0 amide bonds. The monoisotopic (exact) mass is 391 g/mol. The molecule has 1 heterocycles. The van der Waals surface area contributed by atoms with Gasteiger partial charge in [0.2, 0.25) is 0 Å². The molecule has 1 aromatic heterocycles. The summed E-state index contributed by atoms with van der Waals surface area (Å²) in [5.74, 6) is 1.17. The molecule has 3 aromatic rings. The number of carbonyl (C=O) groups excluding carboxylic acids is 1. The van der Waals surface area contributed by atoms with E-state index < -0.39 is 5.41 Å². The molecule has 0 spiro atoms. The van der Waals surface area contributed by atoms with Crippen LogP contribution in [0.5, 0.6) is 11.5 Å². The molecule has 150 valence electrons. The number of nitrogens with zero attached hydrogens (tertiary/aromatic N) is 1. The minimum atomic E-state index is -0.528. The van der Waals surface area contributed by atoms with Crippen molar-refractivity contribution >= 4 is 16.8 Å². The first-order valence-corrected chi connectivity index (χ1v) is 10.0. The van der Waals surface area contributed by atoms with Gasteiger partial charge in [-0.2, -0.15) is 0 Å². The zero-order chi connectivity index (χ0) is 20.8. The first kappa shape index (κ1) is 19.4. The maximum absolute atomic E-state index is 13.2. The maximum atomic E-state index is 13.2. The molecule has 29 heavy (non-hydrogen) atoms. The highest BCUT2D eigenvalue weighted by Gasteiger charge is 2.42. The van der Waals surface area contributed by atoms with Gasteiger partial charge in [-0.15, -0.1) is 0 Å². The SMILES string of the molecule is CCN(CC)CCOc1ccc2c(c1)C(C)(C)c1oc3cc(O)c#cc3c1C2=O. The van der Waals surface area contributed by atoms with Gasteiger partial charge in [-0.25, -0.2) is 0 Å². The van der Waals surface area contributed by atoms with E-state index >= 15 is 0 Å². The summed E-state index contributed by atoms with van der Waals surface area (Å²) in [6.07, 6.45) is 0. The molecule has 1 aliphatic rings. The van der Waals surface area contributed by atoms with Gasteiger partial charge in [0.15, 0.2) is 11.5 Å². The van der Waals surface area contributed by atoms with E-state index in [-0.39, 0.29) is 11.5 Å². The van der Waals surface area contributed by atoms with Crippen molar-refractivity contribution in [2.24, 2.45) is 0 Å². The molecule has 0 radical (unpaired) electrons. The highest BCUT2D eigenvalue weighted by atomic mass is 16.5. The predicted molar refractivity (Wildman–Crippen MR) is 111 cm³/mol. The smallest absolute Gasteiger partial charge is 0.198 e. The van der Waals surface area contributed by atoms with Crippen LogP contribution in [0.4, 0.5) is 0 Å². The number of rotatable bonds is 6. The third-order valence-corrected chi connectivity index (χ3v) is 5.79. The summed E-state index contributed by atoms with van der Waals surface area (Å²) in [7, 11) is 0. The molecule has 0 saturated heterocycles. The molecule has 2 aromatic carbocycles. The largest absolute Gasteiger partial charge is 0.501 e. The first-order chi connectivity index (χ1) is 13.9. The fourth-order valence-corrected chi connectivity index (χ4v) is 4.04. The number of benzene rings is 1. The fraction of sp³-hybridized carbons (Fsp3) is 0.375. The molecule has 5 nitrogen and oxygen atoms in total. The highest BCUT2D eigenvalue weighted by molar-refractivity contribution is 6.19. The average molecular weight is 391 g/mol. The number of fused-ring (bicyclic) bond motifs is 4. The van der Waals surface area contributed by atoms with Crippen LogP contribution in [0, 0.1) is 12.1 Å². The lowest BCUT2D eigenvalue weighted by atomic mass is 9.72. The molecule has 1 N–H and O–H groups in total. The molecular weight excluding hydrogens is 366 g/mol. The van der Waals surface area contributed by atoms with Gasteiger partial charge in [0.05, 0.1) is 10.9 Å². The molecule has 4 rings (SSSR count). The summed E-state index contributed by atoms with van der Waals surface area (Å²) < 4.78 is 12.0. The van der Waals surface area contributed by atoms with Crippen LogP contribution < -0.4 is 4.74 Å². The van der Waals surface area contributed by atoms with Crippen molar-refractivity contribution in [2.45, 2.75) is 33.1 Å². The quantitative estimate of drug-likeness (QED) is 0.678. The summed E-state index contributed by atoms with van der Waals surface area (Å²) in [5, 5.41) is 10.3. The van der Waals surface area contributed by atoms with Gasteiger partial charge in [-0.1, -0.05) is 19.9 Å². The molecule has 5 heteroatoms. The first-order valence-electron chi connectivity index (χ1n) is 10.0. The Bertz CT molecular complexity index is 1080. The second-order valence-electron chi connectivity index (χ2n) is 7.86. The van der Waals surface area contributed by atoms with Crippen LogP contribution in [0.25, 0.3) is 11.0 Å². The van der Waals surface area contributed by atoms with Crippen LogP contribution in [0.15, 0.2) is 28.7 Å². The van der Waals surface area contributed by atoms with Gasteiger partial charge >= 0.3 is 0 Å². The van der Waals surface area contributed by atoms with Gasteiger partial charge in [-0.3, -0.25) is 4.79 Å². The van der Waals surface area contributed by atoms with E-state index in [1.54, 1.807) is 0 Å². The van der Waals surface area contributed by atoms with E-state index in [9.17, 15) is 9.90 Å². The second kappa shape index (κ2) is 7.13. The summed E-state index contributed by atoms with van der Waals surface area (Å²) in [6.45, 7) is 11.8. The third-order valence-electron chi connectivity index (χ3n) is 5.79. The Morgan fingerprint density at radius 3 is 2.66 bits per heavy atom. The summed E-state index contributed by atoms with van der Waals surface area (Å²) in [5.41, 5.74) is 1.93. The van der Waals surface area contributed by atoms with Crippen molar-refractivity contribution in [3.05, 3.63) is 58.8 Å². The Balaban J connectivity index is 1.70. The van der Waals surface area contributed by atoms with Crippen molar-refractivity contribution in [1.29, 1.82) is 0 Å². The number of ether oxygens (including phenoxy) is 1. The fourth-order valence-electron chi connectivity index (χ4n) is 4.04. The van der Waals surface area contributed by atoms with E-state index in [0.29, 0.717) is 34.5 Å². The second-order valence-corrected chi connectivity index (χ2v) is 7.86. The Kier molecular flexibility index (Phi) is 4.76. The number of carbonyl (C=O) groups is 1. The number of likely N-dealkylation sites (N-methyl/N-ethyl adjacent to an activating group) is 1. The zero-order valence-electron chi connectivity index (χ0n) is 17.3. The lowest BCUT2D eigenvalue weighted by molar-refractivity contribution is 0.102. The summed E-state index contributed by atoms with van der Waals surface area (Å²) >= 11 is 0. The molecule has 0 unspecified atom stereocenters. The Morgan fingerprint density at radius 1 is 1.17 bits per heavy atom. The van der Waals surface area contributed by atoms with Crippen LogP contribution in [0.3, 0.4) is 0 Å². The van der Waals surface area contributed by atoms with Gasteiger partial charge in [0.25, 0.3) is 0 Å². The molecule has 0 fully saturated rings. The number of hydrogen-bond acceptors (Lipinski definition) is 5. The van der Waals surface area contributed by atoms with E-state index in [2.05, 4.69) is 30.9 Å². The predicted octanol–water partition coefficient (Wildman–Crippen LogP) is 4.33. The lowest BCUT2D eigenvalue weighted by Gasteiger charge is -2.30. The number of aromatic hydroxyl groups is 1. The van der Waals surface area contributed by atoms with Crippen molar-refractivity contribution in [3.63, 3.8) is 0 Å². The van der Waals surface area contributed by atoms with E-state index in [4.69, 9.17) is 9.15 Å². The molecule has 0 aliphatic heterocycles. The van der Waals surface area contributed by atoms with E-state index in [1.165, 1.54) is 6.07 Å². The minimum Gasteiger partial charge on any atom is -0.501 e. The van der Waals surface area contributed by atoms with Gasteiger partial charge in [-0.05, 0) is 56.8 Å². The zero-order valence-corrected chi connectivity index (χ0v) is 17.3. The van der Waals surface area contributed by atoms with Crippen molar-refractivity contribution in [3.8, 4) is 11.5 Å². The molecule has 0 saturated carbocycles. The standard InChI is InChI=1S/C24H25NO4/c1-5-25(6-2)11-12-28-16-8-10-17-19(14-16)24(3,4)23-21(22(17)27)18-9-7-15(26)13-20(18)29-23/h8,10,13-14,26H,5-6,11-12H2,1-4H3. The van der Waals surface area contributed by atoms with Crippen LogP contribution in [-0.4, -0.2) is 42.0 Å². The molecule has 0 bridgehead atoms. The third kappa shape index (κ3) is 3.14. The molecule has 0 atom stereocenters. The Hall–Kier alpha value is -2.97. The van der Waals surface area contributed by atoms with Crippen molar-refractivity contribution in [2.75, 3.05) is 26.2 Å². The van der Waals surface area contributed by atoms with Crippen LogP contribution in [-0.2, 0) is 5.41 Å². The Labute approximate surface area is 170 Å². The topological polar surface area (TPSA) is 62.9 Å². The lowest BCUT2D eigenvalue weighted by Crippen LogP contribution is -2.30. The highest BCUT2D eigenvalue weighted by Crippen LogP contribution is 2.46. The number of ketones is 1. The van der Waals surface area contributed by atoms with Gasteiger partial charge in [0, 0.05) is 23.6 Å². The van der Waals surface area contributed by atoms with Gasteiger partial charge < -0.3 is 19.2 Å². The minimum absolute atomic E-state index is 0.0599. The van der Waals surface area contributed by atoms with E-state index in [0.717, 1.165) is 30.9 Å². The number of furan rings is 1. The van der Waals surface area contributed by atoms with Crippen LogP contribution in [0.2, 0.25) is 0 Å². The number of hydrogen-bond donors (Lipinski definition) is 1. The van der Waals surface area contributed by atoms with Crippen molar-refractivity contribution in [1.82, 2.24) is 4.90 Å². The average Bonchev–Trinajstić information content (AvgIpc) is 3.09. The normalized spacial score (nSPS) is 14.6.